The summed E-state index contributed by atoms with van der Waals surface area (Å²) in [6, 6.07) is 11.8. The number of urea groups is 1. The van der Waals surface area contributed by atoms with E-state index in [2.05, 4.69) is 10.6 Å². The number of anilines is 1. The van der Waals surface area contributed by atoms with Gasteiger partial charge in [0, 0.05) is 5.69 Å². The van der Waals surface area contributed by atoms with Crippen LogP contribution in [0.3, 0.4) is 0 Å². The summed E-state index contributed by atoms with van der Waals surface area (Å²) in [5.74, 6) is 0.0531. The summed E-state index contributed by atoms with van der Waals surface area (Å²) in [5.41, 5.74) is 2.31. The Morgan fingerprint density at radius 1 is 1.17 bits per heavy atom. The molecule has 0 aliphatic carbocycles. The topological polar surface area (TPSA) is 97.0 Å². The SMILES string of the molecule is CCOc1cc(C=C2NC(=O)N(CC(=O)Nc3cccc(C)c3)C2=O)ccc1OC. The molecule has 1 fully saturated rings. The van der Waals surface area contributed by atoms with Gasteiger partial charge in [-0.2, -0.15) is 0 Å². The van der Waals surface area contributed by atoms with E-state index in [1.807, 2.05) is 26.0 Å². The maximum atomic E-state index is 12.6. The molecule has 8 heteroatoms. The Hall–Kier alpha value is -3.81. The molecule has 0 saturated carbocycles. The largest absolute Gasteiger partial charge is 0.493 e. The number of nitrogens with zero attached hydrogens (tertiary/aromatic N) is 1. The first-order valence-electron chi connectivity index (χ1n) is 9.43. The van der Waals surface area contributed by atoms with Crippen LogP contribution < -0.4 is 20.1 Å². The fourth-order valence-electron chi connectivity index (χ4n) is 3.00. The Morgan fingerprint density at radius 2 is 1.97 bits per heavy atom. The summed E-state index contributed by atoms with van der Waals surface area (Å²) < 4.78 is 10.8. The van der Waals surface area contributed by atoms with E-state index in [-0.39, 0.29) is 12.2 Å². The van der Waals surface area contributed by atoms with Crippen LogP contribution in [0.15, 0.2) is 48.2 Å². The van der Waals surface area contributed by atoms with Gasteiger partial charge in [-0.1, -0.05) is 18.2 Å². The molecule has 2 N–H and O–H groups in total. The second-order valence-corrected chi connectivity index (χ2v) is 6.64. The van der Waals surface area contributed by atoms with Crippen LogP contribution in [0.2, 0.25) is 0 Å². The minimum absolute atomic E-state index is 0.0796. The lowest BCUT2D eigenvalue weighted by Crippen LogP contribution is -2.38. The van der Waals surface area contributed by atoms with Crippen molar-refractivity contribution in [2.24, 2.45) is 0 Å². The second kappa shape index (κ2) is 9.13. The molecule has 2 aromatic carbocycles. The summed E-state index contributed by atoms with van der Waals surface area (Å²) in [4.78, 5) is 38.0. The molecule has 0 aromatic heterocycles. The summed E-state index contributed by atoms with van der Waals surface area (Å²) in [6.45, 7) is 3.82. The average Bonchev–Trinajstić information content (AvgIpc) is 2.96. The van der Waals surface area contributed by atoms with Crippen LogP contribution in [0, 0.1) is 6.92 Å². The summed E-state index contributed by atoms with van der Waals surface area (Å²) in [5, 5.41) is 5.19. The third-order valence-electron chi connectivity index (χ3n) is 4.36. The van der Waals surface area contributed by atoms with Gasteiger partial charge in [-0.15, -0.1) is 0 Å². The van der Waals surface area contributed by atoms with Gasteiger partial charge in [0.2, 0.25) is 5.91 Å². The number of carbonyl (C=O) groups excluding carboxylic acids is 3. The molecule has 2 aromatic rings. The van der Waals surface area contributed by atoms with E-state index < -0.39 is 17.8 Å². The Kier molecular flexibility index (Phi) is 6.36. The molecular weight excluding hydrogens is 386 g/mol. The van der Waals surface area contributed by atoms with E-state index in [0.29, 0.717) is 29.4 Å². The minimum Gasteiger partial charge on any atom is -0.493 e. The first-order chi connectivity index (χ1) is 14.4. The van der Waals surface area contributed by atoms with Crippen molar-refractivity contribution in [3.8, 4) is 11.5 Å². The van der Waals surface area contributed by atoms with E-state index >= 15 is 0 Å². The van der Waals surface area contributed by atoms with Crippen molar-refractivity contribution in [1.29, 1.82) is 0 Å². The van der Waals surface area contributed by atoms with Crippen molar-refractivity contribution in [3.63, 3.8) is 0 Å². The Balaban J connectivity index is 1.72. The van der Waals surface area contributed by atoms with Crippen LogP contribution in [0.5, 0.6) is 11.5 Å². The standard InChI is InChI=1S/C22H23N3O5/c1-4-30-19-12-15(8-9-18(19)29-3)11-17-21(27)25(22(28)24-17)13-20(26)23-16-7-5-6-14(2)10-16/h5-12H,4,13H2,1-3H3,(H,23,26)(H,24,28). The normalized spacial score (nSPS) is 14.6. The third-order valence-corrected chi connectivity index (χ3v) is 4.36. The minimum atomic E-state index is -0.649. The van der Waals surface area contributed by atoms with Crippen molar-refractivity contribution in [3.05, 3.63) is 59.3 Å². The fourth-order valence-corrected chi connectivity index (χ4v) is 3.00. The predicted molar refractivity (Wildman–Crippen MR) is 112 cm³/mol. The van der Waals surface area contributed by atoms with Crippen molar-refractivity contribution < 1.29 is 23.9 Å². The predicted octanol–water partition coefficient (Wildman–Crippen LogP) is 2.93. The summed E-state index contributed by atoms with van der Waals surface area (Å²) in [7, 11) is 1.54. The number of methoxy groups -OCH3 is 1. The first kappa shape index (κ1) is 20.9. The van der Waals surface area contributed by atoms with E-state index in [9.17, 15) is 14.4 Å². The number of aryl methyl sites for hydroxylation is 1. The van der Waals surface area contributed by atoms with E-state index in [4.69, 9.17) is 9.47 Å². The zero-order valence-corrected chi connectivity index (χ0v) is 17.0. The van der Waals surface area contributed by atoms with Crippen LogP contribution in [-0.2, 0) is 9.59 Å². The number of nitrogens with one attached hydrogen (secondary N) is 2. The molecule has 1 aliphatic heterocycles. The molecule has 1 heterocycles. The molecule has 0 bridgehead atoms. The number of imide groups is 1. The van der Waals surface area contributed by atoms with Gasteiger partial charge in [-0.05, 0) is 55.3 Å². The molecule has 156 valence electrons. The van der Waals surface area contributed by atoms with Crippen LogP contribution in [0.1, 0.15) is 18.1 Å². The number of hydrogen-bond donors (Lipinski definition) is 2. The lowest BCUT2D eigenvalue weighted by Gasteiger charge is -2.12. The van der Waals surface area contributed by atoms with Crippen molar-refractivity contribution in [1.82, 2.24) is 10.2 Å². The molecule has 8 nitrogen and oxygen atoms in total. The van der Waals surface area contributed by atoms with Gasteiger partial charge >= 0.3 is 6.03 Å². The molecular formula is C22H23N3O5. The summed E-state index contributed by atoms with van der Waals surface area (Å²) in [6.07, 6.45) is 1.53. The highest BCUT2D eigenvalue weighted by molar-refractivity contribution is 6.15. The second-order valence-electron chi connectivity index (χ2n) is 6.64. The highest BCUT2D eigenvalue weighted by Crippen LogP contribution is 2.29. The van der Waals surface area contributed by atoms with Gasteiger partial charge in [0.25, 0.3) is 5.91 Å². The van der Waals surface area contributed by atoms with Gasteiger partial charge in [0.1, 0.15) is 12.2 Å². The van der Waals surface area contributed by atoms with Crippen molar-refractivity contribution >= 4 is 29.6 Å². The quantitative estimate of drug-likeness (QED) is 0.541. The summed E-state index contributed by atoms with van der Waals surface area (Å²) >= 11 is 0. The zero-order chi connectivity index (χ0) is 21.7. The lowest BCUT2D eigenvalue weighted by molar-refractivity contribution is -0.127. The molecule has 3 rings (SSSR count). The number of rotatable bonds is 7. The zero-order valence-electron chi connectivity index (χ0n) is 17.0. The first-order valence-corrected chi connectivity index (χ1v) is 9.43. The number of amides is 4. The van der Waals surface area contributed by atoms with E-state index in [1.54, 1.807) is 30.3 Å². The molecule has 30 heavy (non-hydrogen) atoms. The van der Waals surface area contributed by atoms with Gasteiger partial charge in [0.05, 0.1) is 13.7 Å². The molecule has 0 unspecified atom stereocenters. The van der Waals surface area contributed by atoms with Gasteiger partial charge < -0.3 is 20.1 Å². The fraction of sp³-hybridized carbons (Fsp3) is 0.227. The van der Waals surface area contributed by atoms with Crippen molar-refractivity contribution in [2.45, 2.75) is 13.8 Å². The number of hydrogen-bond acceptors (Lipinski definition) is 5. The van der Waals surface area contributed by atoms with Crippen LogP contribution >= 0.6 is 0 Å². The highest BCUT2D eigenvalue weighted by Gasteiger charge is 2.35. The smallest absolute Gasteiger partial charge is 0.329 e. The molecule has 1 aliphatic rings. The molecule has 0 radical (unpaired) electrons. The lowest BCUT2D eigenvalue weighted by atomic mass is 10.1. The Bertz CT molecular complexity index is 1020. The highest BCUT2D eigenvalue weighted by atomic mass is 16.5. The van der Waals surface area contributed by atoms with Crippen LogP contribution in [0.4, 0.5) is 10.5 Å². The number of carbonyl (C=O) groups is 3. The maximum Gasteiger partial charge on any atom is 0.329 e. The molecule has 1 saturated heterocycles. The van der Waals surface area contributed by atoms with E-state index in [1.165, 1.54) is 13.2 Å². The van der Waals surface area contributed by atoms with E-state index in [0.717, 1.165) is 10.5 Å². The van der Waals surface area contributed by atoms with Gasteiger partial charge in [-0.25, -0.2) is 9.69 Å². The maximum absolute atomic E-state index is 12.6. The van der Waals surface area contributed by atoms with Crippen LogP contribution in [0.25, 0.3) is 6.08 Å². The van der Waals surface area contributed by atoms with Crippen LogP contribution in [-0.4, -0.2) is 43.0 Å². The average molecular weight is 409 g/mol. The number of ether oxygens (including phenoxy) is 2. The van der Waals surface area contributed by atoms with Gasteiger partial charge in [-0.3, -0.25) is 9.59 Å². The molecule has 4 amide bonds. The number of benzene rings is 2. The van der Waals surface area contributed by atoms with Crippen molar-refractivity contribution in [2.75, 3.05) is 25.6 Å². The van der Waals surface area contributed by atoms with Gasteiger partial charge in [0.15, 0.2) is 11.5 Å². The molecule has 0 spiro atoms. The Morgan fingerprint density at radius 3 is 2.67 bits per heavy atom. The monoisotopic (exact) mass is 409 g/mol. The molecule has 0 atom stereocenters. The Labute approximate surface area is 174 Å². The third kappa shape index (κ3) is 4.78.